The minimum atomic E-state index is -0.508. The van der Waals surface area contributed by atoms with Crippen molar-refractivity contribution in [2.45, 2.75) is 19.0 Å². The summed E-state index contributed by atoms with van der Waals surface area (Å²) in [6.07, 6.45) is 0.157. The van der Waals surface area contributed by atoms with Crippen molar-refractivity contribution >= 4 is 23.4 Å². The number of carbonyl (C=O) groups excluding carboxylic acids is 2. The molecule has 1 aromatic carbocycles. The van der Waals surface area contributed by atoms with Gasteiger partial charge < -0.3 is 5.32 Å². The first-order valence-electron chi connectivity index (χ1n) is 5.46. The van der Waals surface area contributed by atoms with E-state index in [1.54, 1.807) is 6.07 Å². The van der Waals surface area contributed by atoms with E-state index in [0.29, 0.717) is 6.54 Å². The minimum Gasteiger partial charge on any atom is -0.301 e. The molecule has 1 N–H and O–H groups in total. The van der Waals surface area contributed by atoms with Crippen LogP contribution in [0.15, 0.2) is 18.2 Å². The molecule has 0 aromatic heterocycles. The summed E-state index contributed by atoms with van der Waals surface area (Å²) in [6.45, 7) is 0.359. The molecule has 2 rings (SSSR count). The number of carbonyl (C=O) groups is 2. The summed E-state index contributed by atoms with van der Waals surface area (Å²) in [6, 6.07) is 3.84. The van der Waals surface area contributed by atoms with E-state index in [4.69, 9.17) is 11.6 Å². The Bertz CT molecular complexity index is 507. The number of hydrogen-bond acceptors (Lipinski definition) is 3. The van der Waals surface area contributed by atoms with Gasteiger partial charge >= 0.3 is 0 Å². The van der Waals surface area contributed by atoms with Crippen molar-refractivity contribution in [3.05, 3.63) is 34.6 Å². The fourth-order valence-corrected chi connectivity index (χ4v) is 2.01. The summed E-state index contributed by atoms with van der Waals surface area (Å²) in [5.41, 5.74) is 0.760. The summed E-state index contributed by atoms with van der Waals surface area (Å²) in [5.74, 6) is -0.921. The lowest BCUT2D eigenvalue weighted by atomic mass is 10.2. The summed E-state index contributed by atoms with van der Waals surface area (Å²) < 4.78 is 12.9. The molecular weight excluding hydrogens is 259 g/mol. The Hall–Kier alpha value is -1.46. The highest BCUT2D eigenvalue weighted by molar-refractivity contribution is 6.30. The van der Waals surface area contributed by atoms with Crippen molar-refractivity contribution in [1.29, 1.82) is 0 Å². The molecule has 2 amide bonds. The zero-order valence-corrected chi connectivity index (χ0v) is 10.5. The Balaban J connectivity index is 1.98. The van der Waals surface area contributed by atoms with Crippen LogP contribution in [0, 0.1) is 5.82 Å². The van der Waals surface area contributed by atoms with Crippen molar-refractivity contribution in [1.82, 2.24) is 10.2 Å². The molecule has 0 aliphatic carbocycles. The Kier molecular flexibility index (Phi) is 3.63. The SMILES string of the molecule is CN1C(=O)CC(NCc2ccc(F)c(Cl)c2)C1=O. The molecule has 0 spiro atoms. The Labute approximate surface area is 109 Å². The average Bonchev–Trinajstić information content (AvgIpc) is 2.58. The predicted molar refractivity (Wildman–Crippen MR) is 64.4 cm³/mol. The highest BCUT2D eigenvalue weighted by Crippen LogP contribution is 2.17. The first-order chi connectivity index (χ1) is 8.49. The topological polar surface area (TPSA) is 49.4 Å². The van der Waals surface area contributed by atoms with Crippen molar-refractivity contribution in [2.24, 2.45) is 0 Å². The van der Waals surface area contributed by atoms with Crippen LogP contribution < -0.4 is 5.32 Å². The average molecular weight is 271 g/mol. The fourth-order valence-electron chi connectivity index (χ4n) is 1.81. The molecule has 1 saturated heterocycles. The summed E-state index contributed by atoms with van der Waals surface area (Å²) in [5, 5.41) is 3.00. The van der Waals surface area contributed by atoms with Crippen molar-refractivity contribution < 1.29 is 14.0 Å². The maximum absolute atomic E-state index is 12.9. The molecule has 1 atom stereocenters. The Morgan fingerprint density at radius 1 is 1.50 bits per heavy atom. The molecule has 6 heteroatoms. The second-order valence-electron chi connectivity index (χ2n) is 4.18. The number of hydrogen-bond donors (Lipinski definition) is 1. The predicted octanol–water partition coefficient (Wildman–Crippen LogP) is 1.33. The van der Waals surface area contributed by atoms with Crippen LogP contribution in [-0.4, -0.2) is 29.8 Å². The lowest BCUT2D eigenvalue weighted by molar-refractivity contribution is -0.137. The van der Waals surface area contributed by atoms with Gasteiger partial charge in [-0.3, -0.25) is 14.5 Å². The maximum atomic E-state index is 12.9. The zero-order valence-electron chi connectivity index (χ0n) is 9.74. The van der Waals surface area contributed by atoms with Crippen LogP contribution in [-0.2, 0) is 16.1 Å². The van der Waals surface area contributed by atoms with Crippen molar-refractivity contribution in [3.63, 3.8) is 0 Å². The number of rotatable bonds is 3. The molecule has 1 aromatic rings. The molecule has 1 aliphatic rings. The number of benzene rings is 1. The molecule has 1 unspecified atom stereocenters. The third-order valence-corrected chi connectivity index (χ3v) is 3.21. The number of amides is 2. The summed E-state index contributed by atoms with van der Waals surface area (Å²) >= 11 is 5.65. The van der Waals surface area contributed by atoms with Gasteiger partial charge in [0.2, 0.25) is 11.8 Å². The van der Waals surface area contributed by atoms with Crippen LogP contribution in [0.25, 0.3) is 0 Å². The fraction of sp³-hybridized carbons (Fsp3) is 0.333. The van der Waals surface area contributed by atoms with E-state index in [0.717, 1.165) is 10.5 Å². The smallest absolute Gasteiger partial charge is 0.246 e. The molecule has 1 heterocycles. The van der Waals surface area contributed by atoms with Gasteiger partial charge in [0.15, 0.2) is 0 Å². The van der Waals surface area contributed by atoms with Gasteiger partial charge in [-0.1, -0.05) is 17.7 Å². The van der Waals surface area contributed by atoms with Crippen LogP contribution in [0.1, 0.15) is 12.0 Å². The van der Waals surface area contributed by atoms with Gasteiger partial charge in [0.05, 0.1) is 17.5 Å². The lowest BCUT2D eigenvalue weighted by Crippen LogP contribution is -2.36. The van der Waals surface area contributed by atoms with Gasteiger partial charge in [-0.25, -0.2) is 4.39 Å². The standard InChI is InChI=1S/C12H12ClFN2O2/c1-16-11(17)5-10(12(16)18)15-6-7-2-3-9(14)8(13)4-7/h2-4,10,15H,5-6H2,1H3. The highest BCUT2D eigenvalue weighted by atomic mass is 35.5. The third kappa shape index (κ3) is 2.52. The lowest BCUT2D eigenvalue weighted by Gasteiger charge is -2.11. The second-order valence-corrected chi connectivity index (χ2v) is 4.58. The summed E-state index contributed by atoms with van der Waals surface area (Å²) in [4.78, 5) is 24.0. The molecule has 0 radical (unpaired) electrons. The van der Waals surface area contributed by atoms with Gasteiger partial charge in [-0.05, 0) is 17.7 Å². The first kappa shape index (κ1) is 13.0. The third-order valence-electron chi connectivity index (χ3n) is 2.92. The monoisotopic (exact) mass is 270 g/mol. The molecule has 4 nitrogen and oxygen atoms in total. The van der Waals surface area contributed by atoms with Gasteiger partial charge in [-0.2, -0.15) is 0 Å². The van der Waals surface area contributed by atoms with Crippen LogP contribution >= 0.6 is 11.6 Å². The molecule has 1 aliphatic heterocycles. The molecular formula is C12H12ClFN2O2. The van der Waals surface area contributed by atoms with E-state index in [-0.39, 0.29) is 23.3 Å². The second kappa shape index (κ2) is 5.04. The number of nitrogens with zero attached hydrogens (tertiary/aromatic N) is 1. The molecule has 1 fully saturated rings. The van der Waals surface area contributed by atoms with Gasteiger partial charge in [0.25, 0.3) is 0 Å². The van der Waals surface area contributed by atoms with E-state index in [9.17, 15) is 14.0 Å². The number of likely N-dealkylation sites (N-methyl/N-ethyl adjacent to an activating group) is 1. The Morgan fingerprint density at radius 3 is 2.78 bits per heavy atom. The number of nitrogens with one attached hydrogen (secondary N) is 1. The van der Waals surface area contributed by atoms with Crippen LogP contribution in [0.3, 0.4) is 0 Å². The number of halogens is 2. The zero-order chi connectivity index (χ0) is 13.3. The Morgan fingerprint density at radius 2 is 2.22 bits per heavy atom. The van der Waals surface area contributed by atoms with Crippen LogP contribution in [0.2, 0.25) is 5.02 Å². The number of likely N-dealkylation sites (tertiary alicyclic amines) is 1. The molecule has 96 valence electrons. The highest BCUT2D eigenvalue weighted by Gasteiger charge is 2.35. The minimum absolute atomic E-state index is 0.0419. The normalized spacial score (nSPS) is 19.7. The molecule has 0 saturated carbocycles. The molecule has 0 bridgehead atoms. The van der Waals surface area contributed by atoms with Gasteiger partial charge in [-0.15, -0.1) is 0 Å². The first-order valence-corrected chi connectivity index (χ1v) is 5.84. The quantitative estimate of drug-likeness (QED) is 0.843. The summed E-state index contributed by atoms with van der Waals surface area (Å²) in [7, 11) is 1.46. The van der Waals surface area contributed by atoms with E-state index in [1.165, 1.54) is 19.2 Å². The number of imide groups is 1. The van der Waals surface area contributed by atoms with Crippen molar-refractivity contribution in [3.8, 4) is 0 Å². The van der Waals surface area contributed by atoms with E-state index in [1.807, 2.05) is 0 Å². The van der Waals surface area contributed by atoms with E-state index >= 15 is 0 Å². The largest absolute Gasteiger partial charge is 0.301 e. The van der Waals surface area contributed by atoms with E-state index in [2.05, 4.69) is 5.32 Å². The van der Waals surface area contributed by atoms with Crippen LogP contribution in [0.4, 0.5) is 4.39 Å². The molecule has 18 heavy (non-hydrogen) atoms. The van der Waals surface area contributed by atoms with E-state index < -0.39 is 11.9 Å². The van der Waals surface area contributed by atoms with Gasteiger partial charge in [0, 0.05) is 13.6 Å². The maximum Gasteiger partial charge on any atom is 0.246 e. The van der Waals surface area contributed by atoms with Crippen LogP contribution in [0.5, 0.6) is 0 Å². The van der Waals surface area contributed by atoms with Crippen molar-refractivity contribution in [2.75, 3.05) is 7.05 Å². The van der Waals surface area contributed by atoms with Gasteiger partial charge in [0.1, 0.15) is 5.82 Å².